The van der Waals surface area contributed by atoms with Crippen LogP contribution in [0.15, 0.2) is 40.0 Å². The molecule has 28 heavy (non-hydrogen) atoms. The Balaban J connectivity index is 1.25. The van der Waals surface area contributed by atoms with Crippen molar-refractivity contribution in [2.75, 3.05) is 17.2 Å². The fourth-order valence-electron chi connectivity index (χ4n) is 3.98. The predicted octanol–water partition coefficient (Wildman–Crippen LogP) is 4.60. The molecule has 0 bridgehead atoms. The number of fused-ring (bicyclic) bond motifs is 2. The van der Waals surface area contributed by atoms with Gasteiger partial charge in [0.15, 0.2) is 0 Å². The van der Waals surface area contributed by atoms with Gasteiger partial charge in [-0.1, -0.05) is 36.9 Å². The molecule has 144 valence electrons. The van der Waals surface area contributed by atoms with Gasteiger partial charge in [-0.25, -0.2) is 0 Å². The summed E-state index contributed by atoms with van der Waals surface area (Å²) < 4.78 is 5.84. The minimum atomic E-state index is 0.0790. The van der Waals surface area contributed by atoms with Crippen LogP contribution in [0.3, 0.4) is 0 Å². The van der Waals surface area contributed by atoms with Gasteiger partial charge < -0.3 is 9.32 Å². The van der Waals surface area contributed by atoms with Gasteiger partial charge >= 0.3 is 0 Å². The monoisotopic (exact) mass is 411 g/mol. The SMILES string of the molecule is C[C@@H]1CCc2sc(-c3nnc(SCC(=O)N4CCc5ccccc54)o3)cc2C1. The van der Waals surface area contributed by atoms with Crippen LogP contribution >= 0.6 is 23.1 Å². The molecule has 2 aromatic heterocycles. The molecule has 0 fully saturated rings. The molecule has 1 aliphatic heterocycles. The molecule has 1 amide bonds. The van der Waals surface area contributed by atoms with E-state index < -0.39 is 0 Å². The molecule has 0 unspecified atom stereocenters. The van der Waals surface area contributed by atoms with E-state index in [4.69, 9.17) is 4.42 Å². The van der Waals surface area contributed by atoms with Crippen LogP contribution in [-0.2, 0) is 24.1 Å². The predicted molar refractivity (Wildman–Crippen MR) is 112 cm³/mol. The number of hydrogen-bond donors (Lipinski definition) is 0. The van der Waals surface area contributed by atoms with Crippen molar-refractivity contribution in [1.29, 1.82) is 0 Å². The molecule has 0 saturated heterocycles. The van der Waals surface area contributed by atoms with E-state index in [1.165, 1.54) is 34.2 Å². The van der Waals surface area contributed by atoms with Crippen LogP contribution in [0.4, 0.5) is 5.69 Å². The summed E-state index contributed by atoms with van der Waals surface area (Å²) in [6.45, 7) is 3.05. The number of amides is 1. The first kappa shape index (κ1) is 17.9. The maximum absolute atomic E-state index is 12.6. The number of nitrogens with zero attached hydrogens (tertiary/aromatic N) is 3. The third-order valence-corrected chi connectivity index (χ3v) is 7.48. The maximum atomic E-state index is 12.6. The number of carbonyl (C=O) groups is 1. The summed E-state index contributed by atoms with van der Waals surface area (Å²) in [4.78, 5) is 17.0. The van der Waals surface area contributed by atoms with Crippen molar-refractivity contribution < 1.29 is 9.21 Å². The van der Waals surface area contributed by atoms with Crippen LogP contribution in [0.2, 0.25) is 0 Å². The van der Waals surface area contributed by atoms with E-state index in [1.807, 2.05) is 23.1 Å². The molecule has 1 atom stereocenters. The van der Waals surface area contributed by atoms with Gasteiger partial charge in [0, 0.05) is 17.1 Å². The van der Waals surface area contributed by atoms with E-state index in [0.29, 0.717) is 16.9 Å². The largest absolute Gasteiger partial charge is 0.410 e. The van der Waals surface area contributed by atoms with Crippen LogP contribution in [0.25, 0.3) is 10.8 Å². The molecular weight excluding hydrogens is 390 g/mol. The van der Waals surface area contributed by atoms with Crippen molar-refractivity contribution in [3.8, 4) is 10.8 Å². The second-order valence-electron chi connectivity index (χ2n) is 7.49. The summed E-state index contributed by atoms with van der Waals surface area (Å²) in [5.74, 6) is 1.68. The van der Waals surface area contributed by atoms with Crippen molar-refractivity contribution in [2.24, 2.45) is 5.92 Å². The summed E-state index contributed by atoms with van der Waals surface area (Å²) in [5.41, 5.74) is 3.68. The normalized spacial score (nSPS) is 18.2. The van der Waals surface area contributed by atoms with Gasteiger partial charge in [-0.05, 0) is 54.9 Å². The minimum absolute atomic E-state index is 0.0790. The van der Waals surface area contributed by atoms with Gasteiger partial charge in [0.25, 0.3) is 11.1 Å². The minimum Gasteiger partial charge on any atom is -0.410 e. The summed E-state index contributed by atoms with van der Waals surface area (Å²) in [7, 11) is 0. The second kappa shape index (κ2) is 7.37. The lowest BCUT2D eigenvalue weighted by Gasteiger charge is -2.16. The lowest BCUT2D eigenvalue weighted by atomic mass is 9.90. The van der Waals surface area contributed by atoms with Crippen molar-refractivity contribution in [3.05, 3.63) is 46.3 Å². The summed E-state index contributed by atoms with van der Waals surface area (Å²) in [6, 6.07) is 10.3. The first-order chi connectivity index (χ1) is 13.7. The van der Waals surface area contributed by atoms with E-state index in [1.54, 1.807) is 11.3 Å². The van der Waals surface area contributed by atoms with Crippen molar-refractivity contribution in [2.45, 2.75) is 37.8 Å². The number of hydrogen-bond acceptors (Lipinski definition) is 6. The molecule has 2 aliphatic rings. The van der Waals surface area contributed by atoms with Gasteiger partial charge in [0.2, 0.25) is 5.91 Å². The Morgan fingerprint density at radius 1 is 1.29 bits per heavy atom. The van der Waals surface area contributed by atoms with Crippen LogP contribution in [-0.4, -0.2) is 28.4 Å². The number of carbonyl (C=O) groups excluding carboxylic acids is 1. The van der Waals surface area contributed by atoms with Gasteiger partial charge in [0.05, 0.1) is 10.6 Å². The Hall–Kier alpha value is -2.12. The number of aromatic nitrogens is 2. The molecule has 0 saturated carbocycles. The lowest BCUT2D eigenvalue weighted by Crippen LogP contribution is -2.30. The number of aryl methyl sites for hydroxylation is 1. The highest BCUT2D eigenvalue weighted by molar-refractivity contribution is 7.99. The van der Waals surface area contributed by atoms with Crippen LogP contribution in [0.5, 0.6) is 0 Å². The topological polar surface area (TPSA) is 59.2 Å². The molecular formula is C21H21N3O2S2. The van der Waals surface area contributed by atoms with Crippen LogP contribution in [0.1, 0.15) is 29.3 Å². The third-order valence-electron chi connectivity index (χ3n) is 5.45. The highest BCUT2D eigenvalue weighted by Gasteiger charge is 2.25. The number of benzene rings is 1. The van der Waals surface area contributed by atoms with Crippen molar-refractivity contribution in [3.63, 3.8) is 0 Å². The molecule has 0 radical (unpaired) electrons. The fraction of sp³-hybridized carbons (Fsp3) is 0.381. The average molecular weight is 412 g/mol. The van der Waals surface area contributed by atoms with E-state index >= 15 is 0 Å². The Labute approximate surface area is 172 Å². The number of anilines is 1. The standard InChI is InChI=1S/C21H21N3O2S2/c1-13-6-7-17-15(10-13)11-18(28-17)20-22-23-21(26-20)27-12-19(25)24-9-8-14-4-2-3-5-16(14)24/h2-5,11,13H,6-10,12H2,1H3/t13-/m1/s1. The van der Waals surface area contributed by atoms with Gasteiger partial charge in [0.1, 0.15) is 0 Å². The molecule has 0 N–H and O–H groups in total. The third kappa shape index (κ3) is 3.37. The van der Waals surface area contributed by atoms with Crippen molar-refractivity contribution in [1.82, 2.24) is 10.2 Å². The summed E-state index contributed by atoms with van der Waals surface area (Å²) in [5, 5.41) is 8.80. The van der Waals surface area contributed by atoms with Gasteiger partial charge in [-0.15, -0.1) is 21.5 Å². The molecule has 0 spiro atoms. The first-order valence-corrected chi connectivity index (χ1v) is 11.4. The number of rotatable bonds is 4. The highest BCUT2D eigenvalue weighted by atomic mass is 32.2. The molecule has 3 aromatic rings. The molecule has 7 heteroatoms. The first-order valence-electron chi connectivity index (χ1n) is 9.64. The Kier molecular flexibility index (Phi) is 4.72. The van der Waals surface area contributed by atoms with E-state index in [9.17, 15) is 4.79 Å². The smallest absolute Gasteiger partial charge is 0.277 e. The quantitative estimate of drug-likeness (QED) is 0.587. The zero-order valence-electron chi connectivity index (χ0n) is 15.7. The van der Waals surface area contributed by atoms with E-state index in [-0.39, 0.29) is 5.91 Å². The Bertz CT molecular complexity index is 1030. The fourth-order valence-corrected chi connectivity index (χ4v) is 5.75. The molecule has 5 nitrogen and oxygen atoms in total. The molecule has 1 aliphatic carbocycles. The molecule has 3 heterocycles. The number of para-hydroxylation sites is 1. The number of thiophene rings is 1. The Morgan fingerprint density at radius 2 is 2.18 bits per heavy atom. The maximum Gasteiger partial charge on any atom is 0.277 e. The molecule has 5 rings (SSSR count). The van der Waals surface area contributed by atoms with E-state index in [0.717, 1.165) is 42.3 Å². The van der Waals surface area contributed by atoms with Gasteiger partial charge in [-0.2, -0.15) is 0 Å². The van der Waals surface area contributed by atoms with Gasteiger partial charge in [-0.3, -0.25) is 4.79 Å². The lowest BCUT2D eigenvalue weighted by molar-refractivity contribution is -0.116. The summed E-state index contributed by atoms with van der Waals surface area (Å²) >= 11 is 3.07. The summed E-state index contributed by atoms with van der Waals surface area (Å²) in [6.07, 6.45) is 4.44. The van der Waals surface area contributed by atoms with Crippen LogP contribution in [0, 0.1) is 5.92 Å². The molecule has 1 aromatic carbocycles. The zero-order chi connectivity index (χ0) is 19.1. The Morgan fingerprint density at radius 3 is 3.11 bits per heavy atom. The highest BCUT2D eigenvalue weighted by Crippen LogP contribution is 2.37. The number of thioether (sulfide) groups is 1. The van der Waals surface area contributed by atoms with Crippen LogP contribution < -0.4 is 4.90 Å². The van der Waals surface area contributed by atoms with Crippen molar-refractivity contribution >= 4 is 34.7 Å². The second-order valence-corrected chi connectivity index (χ2v) is 9.56. The zero-order valence-corrected chi connectivity index (χ0v) is 17.3. The average Bonchev–Trinajstić information content (AvgIpc) is 3.43. The van der Waals surface area contributed by atoms with E-state index in [2.05, 4.69) is 29.3 Å².